The summed E-state index contributed by atoms with van der Waals surface area (Å²) in [5.74, 6) is 0.523. The highest BCUT2D eigenvalue weighted by molar-refractivity contribution is 5.77. The van der Waals surface area contributed by atoms with Gasteiger partial charge >= 0.3 is 0 Å². The summed E-state index contributed by atoms with van der Waals surface area (Å²) < 4.78 is 2.20. The minimum absolute atomic E-state index is 0.144. The van der Waals surface area contributed by atoms with Crippen molar-refractivity contribution in [2.24, 2.45) is 0 Å². The van der Waals surface area contributed by atoms with Gasteiger partial charge in [0.1, 0.15) is 0 Å². The predicted molar refractivity (Wildman–Crippen MR) is 84.5 cm³/mol. The minimum Gasteiger partial charge on any atom is -0.350 e. The molecule has 1 unspecified atom stereocenters. The van der Waals surface area contributed by atoms with Gasteiger partial charge in [-0.2, -0.15) is 0 Å². The molecule has 1 saturated carbocycles. The van der Waals surface area contributed by atoms with Crippen LogP contribution in [0.1, 0.15) is 54.5 Å². The van der Waals surface area contributed by atoms with Crippen LogP contribution in [-0.2, 0) is 17.8 Å². The van der Waals surface area contributed by atoms with Crippen molar-refractivity contribution in [2.75, 3.05) is 0 Å². The highest BCUT2D eigenvalue weighted by Crippen LogP contribution is 2.36. The topological polar surface area (TPSA) is 46.9 Å². The van der Waals surface area contributed by atoms with Crippen LogP contribution in [0.2, 0.25) is 0 Å². The fourth-order valence-electron chi connectivity index (χ4n) is 3.49. The van der Waals surface area contributed by atoms with Crippen molar-refractivity contribution in [1.82, 2.24) is 14.9 Å². The van der Waals surface area contributed by atoms with Gasteiger partial charge in [-0.15, -0.1) is 0 Å². The third-order valence-corrected chi connectivity index (χ3v) is 4.84. The smallest absolute Gasteiger partial charge is 0.220 e. The zero-order valence-electron chi connectivity index (χ0n) is 12.7. The maximum atomic E-state index is 12.3. The molecule has 0 bridgehead atoms. The molecule has 1 aromatic heterocycles. The first-order valence-corrected chi connectivity index (χ1v) is 8.16. The summed E-state index contributed by atoms with van der Waals surface area (Å²) in [5.41, 5.74) is 3.88. The molecule has 4 heteroatoms. The Morgan fingerprint density at radius 3 is 3.00 bits per heavy atom. The lowest BCUT2D eigenvalue weighted by Gasteiger charge is -2.12. The lowest BCUT2D eigenvalue weighted by Crippen LogP contribution is -2.25. The van der Waals surface area contributed by atoms with Crippen LogP contribution in [-0.4, -0.2) is 15.5 Å². The molecule has 1 N–H and O–H groups in total. The molecule has 1 amide bonds. The van der Waals surface area contributed by atoms with Gasteiger partial charge in [0.25, 0.3) is 0 Å². The first kappa shape index (κ1) is 13.6. The molecule has 0 aliphatic heterocycles. The van der Waals surface area contributed by atoms with E-state index in [0.29, 0.717) is 24.9 Å². The Morgan fingerprint density at radius 2 is 2.14 bits per heavy atom. The Kier molecular flexibility index (Phi) is 3.45. The Bertz CT molecular complexity index is 687. The lowest BCUT2D eigenvalue weighted by atomic mass is 9.97. The van der Waals surface area contributed by atoms with Gasteiger partial charge in [0.05, 0.1) is 18.6 Å². The van der Waals surface area contributed by atoms with Crippen LogP contribution >= 0.6 is 0 Å². The van der Waals surface area contributed by atoms with E-state index in [9.17, 15) is 4.79 Å². The Balaban J connectivity index is 1.34. The Labute approximate surface area is 130 Å². The summed E-state index contributed by atoms with van der Waals surface area (Å²) in [5, 5.41) is 3.07. The van der Waals surface area contributed by atoms with E-state index in [0.717, 1.165) is 18.5 Å². The molecule has 1 heterocycles. The molecule has 4 nitrogen and oxygen atoms in total. The molecule has 2 aromatic rings. The van der Waals surface area contributed by atoms with E-state index in [1.807, 2.05) is 12.5 Å². The van der Waals surface area contributed by atoms with Crippen molar-refractivity contribution in [2.45, 2.75) is 50.6 Å². The molecular formula is C18H21N3O. The summed E-state index contributed by atoms with van der Waals surface area (Å²) in [6.45, 7) is 0.587. The summed E-state index contributed by atoms with van der Waals surface area (Å²) in [7, 11) is 0. The largest absolute Gasteiger partial charge is 0.350 e. The minimum atomic E-state index is 0.144. The van der Waals surface area contributed by atoms with Gasteiger partial charge in [-0.3, -0.25) is 4.79 Å². The van der Waals surface area contributed by atoms with E-state index in [-0.39, 0.29) is 5.91 Å². The Hall–Kier alpha value is -2.10. The lowest BCUT2D eigenvalue weighted by molar-refractivity contribution is -0.121. The van der Waals surface area contributed by atoms with Gasteiger partial charge in [0, 0.05) is 18.7 Å². The SMILES string of the molecule is O=C(CC1CCc2ccccc21)NCc1cncn1C1CC1. The highest BCUT2D eigenvalue weighted by Gasteiger charge is 2.26. The van der Waals surface area contributed by atoms with E-state index in [4.69, 9.17) is 0 Å². The van der Waals surface area contributed by atoms with E-state index in [2.05, 4.69) is 39.1 Å². The second-order valence-electron chi connectivity index (χ2n) is 6.44. The third-order valence-electron chi connectivity index (χ3n) is 4.84. The first-order chi connectivity index (χ1) is 10.8. The van der Waals surface area contributed by atoms with Crippen LogP contribution in [0, 0.1) is 0 Å². The number of aromatic nitrogens is 2. The fourth-order valence-corrected chi connectivity index (χ4v) is 3.49. The second-order valence-corrected chi connectivity index (χ2v) is 6.44. The molecule has 0 radical (unpaired) electrons. The highest BCUT2D eigenvalue weighted by atomic mass is 16.1. The number of amides is 1. The van der Waals surface area contributed by atoms with Crippen LogP contribution in [0.3, 0.4) is 0 Å². The molecule has 22 heavy (non-hydrogen) atoms. The van der Waals surface area contributed by atoms with Crippen molar-refractivity contribution in [1.29, 1.82) is 0 Å². The van der Waals surface area contributed by atoms with Crippen molar-refractivity contribution in [3.05, 3.63) is 53.6 Å². The van der Waals surface area contributed by atoms with Gasteiger partial charge in [-0.25, -0.2) is 4.98 Å². The molecular weight excluding hydrogens is 274 g/mol. The molecule has 1 atom stereocenters. The molecule has 0 saturated heterocycles. The number of rotatable bonds is 5. The van der Waals surface area contributed by atoms with Crippen LogP contribution in [0.5, 0.6) is 0 Å². The summed E-state index contributed by atoms with van der Waals surface area (Å²) in [4.78, 5) is 16.5. The van der Waals surface area contributed by atoms with E-state index in [1.165, 1.54) is 24.0 Å². The van der Waals surface area contributed by atoms with Gasteiger partial charge in [0.2, 0.25) is 5.91 Å². The number of hydrogen-bond acceptors (Lipinski definition) is 2. The molecule has 4 rings (SSSR count). The zero-order chi connectivity index (χ0) is 14.9. The quantitative estimate of drug-likeness (QED) is 0.922. The maximum Gasteiger partial charge on any atom is 0.220 e. The van der Waals surface area contributed by atoms with Gasteiger partial charge in [-0.1, -0.05) is 24.3 Å². The number of nitrogens with one attached hydrogen (secondary N) is 1. The van der Waals surface area contributed by atoms with Crippen LogP contribution < -0.4 is 5.32 Å². The summed E-state index contributed by atoms with van der Waals surface area (Å²) in [6.07, 6.45) is 8.99. The second kappa shape index (κ2) is 5.59. The standard InChI is InChI=1S/C18H21N3O/c22-18(9-14-6-5-13-3-1-2-4-17(13)14)20-11-16-10-19-12-21(16)15-7-8-15/h1-4,10,12,14-15H,5-9,11H2,(H,20,22). The average molecular weight is 295 g/mol. The number of carbonyl (C=O) groups is 1. The number of nitrogens with zero attached hydrogens (tertiary/aromatic N) is 2. The Morgan fingerprint density at radius 1 is 1.27 bits per heavy atom. The van der Waals surface area contributed by atoms with Crippen molar-refractivity contribution in [3.8, 4) is 0 Å². The number of hydrogen-bond donors (Lipinski definition) is 1. The molecule has 2 aliphatic rings. The van der Waals surface area contributed by atoms with Gasteiger partial charge < -0.3 is 9.88 Å². The molecule has 114 valence electrons. The number of fused-ring (bicyclic) bond motifs is 1. The molecule has 1 aromatic carbocycles. The van der Waals surface area contributed by atoms with E-state index in [1.54, 1.807) is 0 Å². The van der Waals surface area contributed by atoms with Crippen LogP contribution in [0.4, 0.5) is 0 Å². The van der Waals surface area contributed by atoms with Crippen LogP contribution in [0.15, 0.2) is 36.8 Å². The zero-order valence-corrected chi connectivity index (χ0v) is 12.7. The average Bonchev–Trinajstić information content (AvgIpc) is 3.14. The molecule has 1 fully saturated rings. The van der Waals surface area contributed by atoms with E-state index >= 15 is 0 Å². The van der Waals surface area contributed by atoms with Crippen molar-refractivity contribution >= 4 is 5.91 Å². The normalized spacial score (nSPS) is 19.9. The third kappa shape index (κ3) is 2.65. The number of imidazole rings is 1. The van der Waals surface area contributed by atoms with Crippen molar-refractivity contribution < 1.29 is 4.79 Å². The maximum absolute atomic E-state index is 12.3. The molecule has 2 aliphatic carbocycles. The summed E-state index contributed by atoms with van der Waals surface area (Å²) in [6, 6.07) is 9.11. The first-order valence-electron chi connectivity index (χ1n) is 8.16. The van der Waals surface area contributed by atoms with E-state index < -0.39 is 0 Å². The number of carbonyl (C=O) groups excluding carboxylic acids is 1. The van der Waals surface area contributed by atoms with Gasteiger partial charge in [0.15, 0.2) is 0 Å². The fraction of sp³-hybridized carbons (Fsp3) is 0.444. The monoisotopic (exact) mass is 295 g/mol. The molecule has 0 spiro atoms. The van der Waals surface area contributed by atoms with Gasteiger partial charge in [-0.05, 0) is 42.7 Å². The summed E-state index contributed by atoms with van der Waals surface area (Å²) >= 11 is 0. The number of benzene rings is 1. The predicted octanol–water partition coefficient (Wildman–Crippen LogP) is 2.95. The van der Waals surface area contributed by atoms with Crippen LogP contribution in [0.25, 0.3) is 0 Å². The van der Waals surface area contributed by atoms with Crippen molar-refractivity contribution in [3.63, 3.8) is 0 Å². The number of aryl methyl sites for hydroxylation is 1.